The van der Waals surface area contributed by atoms with Crippen molar-refractivity contribution < 1.29 is 14.2 Å². The second-order valence-electron chi connectivity index (χ2n) is 3.60. The van der Waals surface area contributed by atoms with Crippen molar-refractivity contribution >= 4 is 15.9 Å². The second kappa shape index (κ2) is 8.58. The van der Waals surface area contributed by atoms with Crippen molar-refractivity contribution in [3.05, 3.63) is 34.1 Å². The van der Waals surface area contributed by atoms with Gasteiger partial charge < -0.3 is 15.2 Å². The molecule has 0 saturated carbocycles. The molecular formula is C12H17BrFNO2. The summed E-state index contributed by atoms with van der Waals surface area (Å²) >= 11 is 3.22. The second-order valence-corrected chi connectivity index (χ2v) is 4.52. The van der Waals surface area contributed by atoms with Gasteiger partial charge in [0.25, 0.3) is 0 Å². The van der Waals surface area contributed by atoms with Crippen LogP contribution in [0.25, 0.3) is 0 Å². The molecule has 5 heteroatoms. The van der Waals surface area contributed by atoms with E-state index < -0.39 is 0 Å². The Morgan fingerprint density at radius 2 is 2.18 bits per heavy atom. The molecule has 0 unspecified atom stereocenters. The Balaban J connectivity index is 2.14. The summed E-state index contributed by atoms with van der Waals surface area (Å²) in [5.41, 5.74) is 0.657. The standard InChI is InChI=1S/C12H17BrFNO2/c13-11-3-2-10(12(14)8-11)9-15-4-1-6-17-7-5-16/h2-3,8,15-16H,1,4-7,9H2. The van der Waals surface area contributed by atoms with Crippen LogP contribution in [-0.2, 0) is 11.3 Å². The van der Waals surface area contributed by atoms with E-state index in [4.69, 9.17) is 9.84 Å². The van der Waals surface area contributed by atoms with Crippen molar-refractivity contribution in [3.8, 4) is 0 Å². The van der Waals surface area contributed by atoms with Gasteiger partial charge in [-0.3, -0.25) is 0 Å². The zero-order valence-corrected chi connectivity index (χ0v) is 11.2. The van der Waals surface area contributed by atoms with Crippen LogP contribution in [0.4, 0.5) is 4.39 Å². The van der Waals surface area contributed by atoms with E-state index in [9.17, 15) is 4.39 Å². The van der Waals surface area contributed by atoms with Crippen LogP contribution in [0.5, 0.6) is 0 Å². The first-order chi connectivity index (χ1) is 8.24. The number of aliphatic hydroxyl groups excluding tert-OH is 1. The summed E-state index contributed by atoms with van der Waals surface area (Å²) in [5, 5.41) is 11.6. The molecule has 0 aliphatic carbocycles. The minimum absolute atomic E-state index is 0.0531. The fourth-order valence-electron chi connectivity index (χ4n) is 1.35. The third kappa shape index (κ3) is 6.12. The number of hydrogen-bond donors (Lipinski definition) is 2. The smallest absolute Gasteiger partial charge is 0.128 e. The van der Waals surface area contributed by atoms with Gasteiger partial charge in [-0.05, 0) is 25.1 Å². The summed E-state index contributed by atoms with van der Waals surface area (Å²) in [6.45, 7) is 2.31. The zero-order chi connectivity index (χ0) is 12.5. The molecule has 2 N–H and O–H groups in total. The maximum Gasteiger partial charge on any atom is 0.128 e. The van der Waals surface area contributed by atoms with Gasteiger partial charge in [-0.15, -0.1) is 0 Å². The van der Waals surface area contributed by atoms with E-state index in [-0.39, 0.29) is 12.4 Å². The summed E-state index contributed by atoms with van der Waals surface area (Å²) < 4.78 is 19.3. The molecule has 1 aromatic carbocycles. The average molecular weight is 306 g/mol. The Bertz CT molecular complexity index is 336. The number of halogens is 2. The van der Waals surface area contributed by atoms with Gasteiger partial charge in [0.1, 0.15) is 5.82 Å². The lowest BCUT2D eigenvalue weighted by Crippen LogP contribution is -2.17. The summed E-state index contributed by atoms with van der Waals surface area (Å²) in [6, 6.07) is 5.04. The third-order valence-corrected chi connectivity index (χ3v) is 2.70. The molecule has 0 aliphatic heterocycles. The molecule has 17 heavy (non-hydrogen) atoms. The van der Waals surface area contributed by atoms with Crippen LogP contribution in [-0.4, -0.2) is 31.5 Å². The van der Waals surface area contributed by atoms with Crippen molar-refractivity contribution in [2.24, 2.45) is 0 Å². The maximum atomic E-state index is 13.4. The maximum absolute atomic E-state index is 13.4. The molecule has 3 nitrogen and oxygen atoms in total. The van der Waals surface area contributed by atoms with Crippen LogP contribution < -0.4 is 5.32 Å². The van der Waals surface area contributed by atoms with E-state index in [1.807, 2.05) is 6.07 Å². The fraction of sp³-hybridized carbons (Fsp3) is 0.500. The minimum atomic E-state index is -0.205. The summed E-state index contributed by atoms with van der Waals surface area (Å²) in [5.74, 6) is -0.205. The number of nitrogens with one attached hydrogen (secondary N) is 1. The Kier molecular flexibility index (Phi) is 7.35. The molecule has 0 radical (unpaired) electrons. The van der Waals surface area contributed by atoms with E-state index in [1.54, 1.807) is 6.07 Å². The molecule has 0 aromatic heterocycles. The highest BCUT2D eigenvalue weighted by Crippen LogP contribution is 2.14. The molecule has 0 fully saturated rings. The Morgan fingerprint density at radius 3 is 2.88 bits per heavy atom. The highest BCUT2D eigenvalue weighted by Gasteiger charge is 2.01. The van der Waals surface area contributed by atoms with Gasteiger partial charge in [0.2, 0.25) is 0 Å². The fourth-order valence-corrected chi connectivity index (χ4v) is 1.69. The largest absolute Gasteiger partial charge is 0.394 e. The molecule has 0 amide bonds. The van der Waals surface area contributed by atoms with Crippen LogP contribution in [0.1, 0.15) is 12.0 Å². The Hall–Kier alpha value is -0.490. The van der Waals surface area contributed by atoms with Gasteiger partial charge >= 0.3 is 0 Å². The van der Waals surface area contributed by atoms with Crippen LogP contribution >= 0.6 is 15.9 Å². The van der Waals surface area contributed by atoms with E-state index in [0.717, 1.165) is 17.4 Å². The van der Waals surface area contributed by atoms with Crippen molar-refractivity contribution in [2.45, 2.75) is 13.0 Å². The van der Waals surface area contributed by atoms with Gasteiger partial charge in [0, 0.05) is 23.2 Å². The van der Waals surface area contributed by atoms with E-state index >= 15 is 0 Å². The van der Waals surface area contributed by atoms with Crippen molar-refractivity contribution in [1.82, 2.24) is 5.32 Å². The molecule has 1 aromatic rings. The first-order valence-electron chi connectivity index (χ1n) is 5.57. The zero-order valence-electron chi connectivity index (χ0n) is 9.59. The predicted octanol–water partition coefficient (Wildman–Crippen LogP) is 2.08. The predicted molar refractivity (Wildman–Crippen MR) is 68.3 cm³/mol. The highest BCUT2D eigenvalue weighted by atomic mass is 79.9. The van der Waals surface area contributed by atoms with Crippen molar-refractivity contribution in [1.29, 1.82) is 0 Å². The molecule has 0 aliphatic rings. The Morgan fingerprint density at radius 1 is 1.35 bits per heavy atom. The Labute approximate surface area is 109 Å². The first kappa shape index (κ1) is 14.6. The molecule has 0 bridgehead atoms. The molecule has 0 spiro atoms. The number of hydrogen-bond acceptors (Lipinski definition) is 3. The number of aliphatic hydroxyl groups is 1. The lowest BCUT2D eigenvalue weighted by Gasteiger charge is -2.06. The lowest BCUT2D eigenvalue weighted by molar-refractivity contribution is 0.0907. The quantitative estimate of drug-likeness (QED) is 0.723. The molecule has 1 rings (SSSR count). The summed E-state index contributed by atoms with van der Waals surface area (Å²) in [7, 11) is 0. The number of benzene rings is 1. The van der Waals surface area contributed by atoms with Crippen molar-refractivity contribution in [2.75, 3.05) is 26.4 Å². The van der Waals surface area contributed by atoms with Gasteiger partial charge in [-0.2, -0.15) is 0 Å². The van der Waals surface area contributed by atoms with Gasteiger partial charge in [-0.1, -0.05) is 22.0 Å². The molecule has 0 atom stereocenters. The molecule has 0 heterocycles. The SMILES string of the molecule is OCCOCCCNCc1ccc(Br)cc1F. The number of rotatable bonds is 8. The minimum Gasteiger partial charge on any atom is -0.394 e. The monoisotopic (exact) mass is 305 g/mol. The van der Waals surface area contributed by atoms with Gasteiger partial charge in [-0.25, -0.2) is 4.39 Å². The highest BCUT2D eigenvalue weighted by molar-refractivity contribution is 9.10. The van der Waals surface area contributed by atoms with Crippen LogP contribution in [0, 0.1) is 5.82 Å². The number of ether oxygens (including phenoxy) is 1. The summed E-state index contributed by atoms with van der Waals surface area (Å²) in [4.78, 5) is 0. The van der Waals surface area contributed by atoms with Crippen molar-refractivity contribution in [3.63, 3.8) is 0 Å². The van der Waals surface area contributed by atoms with E-state index in [1.165, 1.54) is 6.07 Å². The molecule has 96 valence electrons. The average Bonchev–Trinajstić information content (AvgIpc) is 2.30. The van der Waals surface area contributed by atoms with Crippen LogP contribution in [0.15, 0.2) is 22.7 Å². The third-order valence-electron chi connectivity index (χ3n) is 2.21. The topological polar surface area (TPSA) is 41.5 Å². The normalized spacial score (nSPS) is 10.8. The molecule has 0 saturated heterocycles. The summed E-state index contributed by atoms with van der Waals surface area (Å²) in [6.07, 6.45) is 0.845. The van der Waals surface area contributed by atoms with Gasteiger partial charge in [0.05, 0.1) is 13.2 Å². The van der Waals surface area contributed by atoms with Crippen LogP contribution in [0.2, 0.25) is 0 Å². The first-order valence-corrected chi connectivity index (χ1v) is 6.36. The molecular weight excluding hydrogens is 289 g/mol. The van der Waals surface area contributed by atoms with Crippen LogP contribution in [0.3, 0.4) is 0 Å². The van der Waals surface area contributed by atoms with E-state index in [0.29, 0.717) is 25.3 Å². The van der Waals surface area contributed by atoms with Gasteiger partial charge in [0.15, 0.2) is 0 Å². The van der Waals surface area contributed by atoms with E-state index in [2.05, 4.69) is 21.2 Å². The lowest BCUT2D eigenvalue weighted by atomic mass is 10.2.